The molecular formula is C12H22N4O2S. The number of nitrogens with zero attached hydrogens (tertiary/aromatic N) is 2. The summed E-state index contributed by atoms with van der Waals surface area (Å²) in [7, 11) is -3.41. The first-order chi connectivity index (χ1) is 9.00. The van der Waals surface area contributed by atoms with Crippen molar-refractivity contribution >= 4 is 10.0 Å². The van der Waals surface area contributed by atoms with Crippen molar-refractivity contribution in [3.63, 3.8) is 0 Å². The Kier molecular flexibility index (Phi) is 4.59. The Labute approximate surface area is 114 Å². The molecule has 2 heterocycles. The first-order valence-corrected chi connectivity index (χ1v) is 8.36. The highest BCUT2D eigenvalue weighted by Gasteiger charge is 2.28. The number of rotatable bonds is 5. The molecule has 2 unspecified atom stereocenters. The number of nitrogens with one attached hydrogen (secondary N) is 1. The van der Waals surface area contributed by atoms with Crippen LogP contribution in [-0.2, 0) is 23.0 Å². The van der Waals surface area contributed by atoms with Gasteiger partial charge in [-0.15, -0.1) is 0 Å². The normalized spacial score (nSPS) is 24.5. The number of piperidine rings is 1. The van der Waals surface area contributed by atoms with Gasteiger partial charge in [-0.1, -0.05) is 6.92 Å². The van der Waals surface area contributed by atoms with Crippen molar-refractivity contribution in [2.45, 2.75) is 50.4 Å². The van der Waals surface area contributed by atoms with Crippen molar-refractivity contribution in [3.8, 4) is 0 Å². The van der Waals surface area contributed by atoms with E-state index in [0.29, 0.717) is 13.0 Å². The lowest BCUT2D eigenvalue weighted by molar-refractivity contribution is 0.387. The molecule has 1 aliphatic heterocycles. The number of hydrogen-bond donors (Lipinski definition) is 2. The van der Waals surface area contributed by atoms with Gasteiger partial charge in [0.2, 0.25) is 10.0 Å². The maximum Gasteiger partial charge on any atom is 0.213 e. The molecule has 0 amide bonds. The first-order valence-electron chi connectivity index (χ1n) is 6.75. The number of primary sulfonamides is 1. The molecular weight excluding hydrogens is 264 g/mol. The lowest BCUT2D eigenvalue weighted by Crippen LogP contribution is -2.47. The van der Waals surface area contributed by atoms with Crippen LogP contribution in [-0.4, -0.2) is 35.8 Å². The molecule has 1 aromatic rings. The monoisotopic (exact) mass is 286 g/mol. The molecule has 0 radical (unpaired) electrons. The molecule has 108 valence electrons. The number of nitrogens with two attached hydrogens (primary N) is 1. The molecule has 7 heteroatoms. The van der Waals surface area contributed by atoms with Gasteiger partial charge in [0.1, 0.15) is 5.82 Å². The Morgan fingerprint density at radius 2 is 2.32 bits per heavy atom. The van der Waals surface area contributed by atoms with Crippen LogP contribution in [0, 0.1) is 0 Å². The van der Waals surface area contributed by atoms with E-state index in [9.17, 15) is 8.42 Å². The zero-order valence-electron chi connectivity index (χ0n) is 11.2. The van der Waals surface area contributed by atoms with Crippen molar-refractivity contribution in [1.82, 2.24) is 14.9 Å². The summed E-state index contributed by atoms with van der Waals surface area (Å²) < 4.78 is 24.7. The maximum atomic E-state index is 11.3. The summed E-state index contributed by atoms with van der Waals surface area (Å²) in [5.74, 6) is 1.06. The zero-order chi connectivity index (χ0) is 13.9. The number of aromatic nitrogens is 2. The molecule has 0 aromatic carbocycles. The third-order valence-corrected chi connectivity index (χ3v) is 4.96. The van der Waals surface area contributed by atoms with E-state index in [4.69, 9.17) is 5.14 Å². The highest BCUT2D eigenvalue weighted by molar-refractivity contribution is 7.89. The Morgan fingerprint density at radius 3 is 2.89 bits per heavy atom. The molecule has 1 fully saturated rings. The maximum absolute atomic E-state index is 11.3. The van der Waals surface area contributed by atoms with Crippen LogP contribution >= 0.6 is 0 Å². The van der Waals surface area contributed by atoms with Crippen LogP contribution in [0.4, 0.5) is 0 Å². The highest BCUT2D eigenvalue weighted by Crippen LogP contribution is 2.16. The van der Waals surface area contributed by atoms with Gasteiger partial charge in [0.05, 0.1) is 5.25 Å². The molecule has 3 N–H and O–H groups in total. The van der Waals surface area contributed by atoms with Crippen LogP contribution in [0.25, 0.3) is 0 Å². The van der Waals surface area contributed by atoms with Crippen LogP contribution in [0.5, 0.6) is 0 Å². The molecule has 0 bridgehead atoms. The van der Waals surface area contributed by atoms with E-state index in [1.165, 1.54) is 0 Å². The smallest absolute Gasteiger partial charge is 0.213 e. The molecule has 1 saturated heterocycles. The van der Waals surface area contributed by atoms with Gasteiger partial charge in [-0.2, -0.15) is 0 Å². The minimum atomic E-state index is -3.41. The van der Waals surface area contributed by atoms with E-state index >= 15 is 0 Å². The highest BCUT2D eigenvalue weighted by atomic mass is 32.2. The molecule has 6 nitrogen and oxygen atoms in total. The van der Waals surface area contributed by atoms with Gasteiger partial charge in [0, 0.05) is 37.9 Å². The topological polar surface area (TPSA) is 90.0 Å². The molecule has 2 rings (SSSR count). The van der Waals surface area contributed by atoms with E-state index < -0.39 is 15.3 Å². The summed E-state index contributed by atoms with van der Waals surface area (Å²) in [5, 5.41) is 8.00. The fourth-order valence-electron chi connectivity index (χ4n) is 2.54. The molecule has 1 aromatic heterocycles. The van der Waals surface area contributed by atoms with Gasteiger partial charge in [0.25, 0.3) is 0 Å². The minimum Gasteiger partial charge on any atom is -0.335 e. The fraction of sp³-hybridized carbons (Fsp3) is 0.750. The second kappa shape index (κ2) is 6.02. The number of imidazole rings is 1. The Hall–Kier alpha value is -0.920. The van der Waals surface area contributed by atoms with Gasteiger partial charge in [-0.25, -0.2) is 18.5 Å². The SMILES string of the molecule is CCCn1ccnc1CC1CCC(S(N)(=O)=O)CN1. The zero-order valence-corrected chi connectivity index (χ0v) is 12.1. The number of sulfonamides is 1. The number of aryl methyl sites for hydroxylation is 1. The summed E-state index contributed by atoms with van der Waals surface area (Å²) >= 11 is 0. The lowest BCUT2D eigenvalue weighted by Gasteiger charge is -2.28. The average molecular weight is 286 g/mol. The summed E-state index contributed by atoms with van der Waals surface area (Å²) in [6.07, 6.45) is 7.18. The van der Waals surface area contributed by atoms with E-state index in [0.717, 1.165) is 31.6 Å². The van der Waals surface area contributed by atoms with Gasteiger partial charge in [0.15, 0.2) is 0 Å². The van der Waals surface area contributed by atoms with Gasteiger partial charge in [-0.05, 0) is 19.3 Å². The average Bonchev–Trinajstić information content (AvgIpc) is 2.77. The molecule has 0 saturated carbocycles. The Morgan fingerprint density at radius 1 is 1.53 bits per heavy atom. The largest absolute Gasteiger partial charge is 0.335 e. The van der Waals surface area contributed by atoms with Crippen LogP contribution in [0.2, 0.25) is 0 Å². The van der Waals surface area contributed by atoms with E-state index in [1.54, 1.807) is 0 Å². The predicted molar refractivity (Wildman–Crippen MR) is 74.1 cm³/mol. The minimum absolute atomic E-state index is 0.288. The molecule has 2 atom stereocenters. The van der Waals surface area contributed by atoms with Crippen LogP contribution < -0.4 is 10.5 Å². The van der Waals surface area contributed by atoms with Gasteiger partial charge in [-0.3, -0.25) is 0 Å². The quantitative estimate of drug-likeness (QED) is 0.811. The first kappa shape index (κ1) is 14.5. The third kappa shape index (κ3) is 3.77. The van der Waals surface area contributed by atoms with Crippen molar-refractivity contribution in [2.75, 3.05) is 6.54 Å². The van der Waals surface area contributed by atoms with Crippen LogP contribution in [0.3, 0.4) is 0 Å². The summed E-state index contributed by atoms with van der Waals surface area (Å²) in [5.41, 5.74) is 0. The van der Waals surface area contributed by atoms with Crippen molar-refractivity contribution in [1.29, 1.82) is 0 Å². The standard InChI is InChI=1S/C12H22N4O2S/c1-2-6-16-7-5-14-12(16)8-10-3-4-11(9-15-10)19(13,17)18/h5,7,10-11,15H,2-4,6,8-9H2,1H3,(H2,13,17,18). The Bertz CT molecular complexity index is 504. The Balaban J connectivity index is 1.90. The molecule has 0 spiro atoms. The van der Waals surface area contributed by atoms with Crippen molar-refractivity contribution in [2.24, 2.45) is 5.14 Å². The summed E-state index contributed by atoms with van der Waals surface area (Å²) in [4.78, 5) is 4.38. The van der Waals surface area contributed by atoms with Crippen LogP contribution in [0.15, 0.2) is 12.4 Å². The van der Waals surface area contributed by atoms with Gasteiger partial charge >= 0.3 is 0 Å². The van der Waals surface area contributed by atoms with Gasteiger partial charge < -0.3 is 9.88 Å². The van der Waals surface area contributed by atoms with Crippen molar-refractivity contribution < 1.29 is 8.42 Å². The van der Waals surface area contributed by atoms with E-state index in [-0.39, 0.29) is 6.04 Å². The lowest BCUT2D eigenvalue weighted by atomic mass is 10.0. The van der Waals surface area contributed by atoms with Crippen LogP contribution in [0.1, 0.15) is 32.0 Å². The second-order valence-corrected chi connectivity index (χ2v) is 6.98. The molecule has 0 aliphatic carbocycles. The van der Waals surface area contributed by atoms with E-state index in [2.05, 4.69) is 21.8 Å². The number of hydrogen-bond acceptors (Lipinski definition) is 4. The fourth-order valence-corrected chi connectivity index (χ4v) is 3.33. The molecule has 1 aliphatic rings. The molecule has 19 heavy (non-hydrogen) atoms. The van der Waals surface area contributed by atoms with E-state index in [1.807, 2.05) is 12.4 Å². The summed E-state index contributed by atoms with van der Waals surface area (Å²) in [6, 6.07) is 0.288. The van der Waals surface area contributed by atoms with Crippen molar-refractivity contribution in [3.05, 3.63) is 18.2 Å². The predicted octanol–water partition coefficient (Wildman–Crippen LogP) is 0.245. The summed E-state index contributed by atoms with van der Waals surface area (Å²) in [6.45, 7) is 3.55. The third-order valence-electron chi connectivity index (χ3n) is 3.63. The second-order valence-electron chi connectivity index (χ2n) is 5.13.